The number of benzene rings is 1. The molecule has 20 heavy (non-hydrogen) atoms. The van der Waals surface area contributed by atoms with E-state index in [1.807, 2.05) is 19.1 Å². The largest absolute Gasteiger partial charge is 0.481 e. The van der Waals surface area contributed by atoms with Crippen molar-refractivity contribution in [2.24, 2.45) is 5.41 Å². The number of nitrogens with one attached hydrogen (secondary N) is 2. The van der Waals surface area contributed by atoms with E-state index in [1.165, 1.54) is 0 Å². The molecule has 5 nitrogen and oxygen atoms in total. The highest BCUT2D eigenvalue weighted by molar-refractivity contribution is 6.30. The average molecular weight is 299 g/mol. The highest BCUT2D eigenvalue weighted by atomic mass is 35.5. The van der Waals surface area contributed by atoms with Crippen molar-refractivity contribution in [2.75, 3.05) is 6.54 Å². The number of hydrogen-bond donors (Lipinski definition) is 3. The molecule has 1 aromatic carbocycles. The molecule has 1 atom stereocenters. The number of rotatable bonds is 5. The van der Waals surface area contributed by atoms with E-state index in [1.54, 1.807) is 26.0 Å². The van der Waals surface area contributed by atoms with Crippen molar-refractivity contribution in [1.82, 2.24) is 10.6 Å². The Balaban J connectivity index is 2.50. The summed E-state index contributed by atoms with van der Waals surface area (Å²) in [5.74, 6) is -0.955. The topological polar surface area (TPSA) is 78.4 Å². The maximum absolute atomic E-state index is 11.7. The van der Waals surface area contributed by atoms with E-state index in [0.717, 1.165) is 5.56 Å². The molecule has 0 spiro atoms. The van der Waals surface area contributed by atoms with E-state index in [4.69, 9.17) is 16.7 Å². The van der Waals surface area contributed by atoms with Gasteiger partial charge in [-0.05, 0) is 38.5 Å². The van der Waals surface area contributed by atoms with Crippen molar-refractivity contribution in [2.45, 2.75) is 26.8 Å². The third-order valence-corrected chi connectivity index (χ3v) is 3.24. The lowest BCUT2D eigenvalue weighted by molar-refractivity contribution is -0.146. The summed E-state index contributed by atoms with van der Waals surface area (Å²) < 4.78 is 0. The molecular formula is C14H19ClN2O3. The van der Waals surface area contributed by atoms with Crippen LogP contribution in [-0.4, -0.2) is 23.7 Å². The smallest absolute Gasteiger partial charge is 0.315 e. The summed E-state index contributed by atoms with van der Waals surface area (Å²) in [6.07, 6.45) is 0. The van der Waals surface area contributed by atoms with Crippen LogP contribution in [0.2, 0.25) is 5.02 Å². The molecule has 0 aliphatic rings. The standard InChI is InChI=1S/C14H19ClN2O3/c1-9(10-4-6-11(15)7-5-10)17-13(20)16-8-14(2,3)12(18)19/h4-7,9H,8H2,1-3H3,(H,18,19)(H2,16,17,20). The third-order valence-electron chi connectivity index (χ3n) is 2.99. The number of carboxylic acid groups (broad SMARTS) is 1. The van der Waals surface area contributed by atoms with Gasteiger partial charge in [-0.15, -0.1) is 0 Å². The van der Waals surface area contributed by atoms with Crippen LogP contribution in [0.5, 0.6) is 0 Å². The predicted molar refractivity (Wildman–Crippen MR) is 77.8 cm³/mol. The Hall–Kier alpha value is -1.75. The summed E-state index contributed by atoms with van der Waals surface area (Å²) in [6, 6.07) is 6.56. The molecule has 6 heteroatoms. The molecule has 0 saturated carbocycles. The minimum absolute atomic E-state index is 0.0570. The Bertz CT molecular complexity index is 486. The third kappa shape index (κ3) is 4.74. The van der Waals surface area contributed by atoms with Gasteiger partial charge in [-0.25, -0.2) is 4.79 Å². The molecule has 0 heterocycles. The van der Waals surface area contributed by atoms with Gasteiger partial charge >= 0.3 is 12.0 Å². The van der Waals surface area contributed by atoms with Gasteiger partial charge in [0.05, 0.1) is 11.5 Å². The van der Waals surface area contributed by atoms with Gasteiger partial charge in [0, 0.05) is 11.6 Å². The maximum Gasteiger partial charge on any atom is 0.315 e. The summed E-state index contributed by atoms with van der Waals surface area (Å²) in [6.45, 7) is 5.00. The van der Waals surface area contributed by atoms with Gasteiger partial charge in [0.1, 0.15) is 0 Å². The van der Waals surface area contributed by atoms with Gasteiger partial charge in [-0.1, -0.05) is 23.7 Å². The second-order valence-electron chi connectivity index (χ2n) is 5.29. The first kappa shape index (κ1) is 16.3. The molecular weight excluding hydrogens is 280 g/mol. The Morgan fingerprint density at radius 1 is 1.30 bits per heavy atom. The van der Waals surface area contributed by atoms with Crippen molar-refractivity contribution in [3.05, 3.63) is 34.9 Å². The SMILES string of the molecule is CC(NC(=O)NCC(C)(C)C(=O)O)c1ccc(Cl)cc1. The lowest BCUT2D eigenvalue weighted by Crippen LogP contribution is -2.44. The fraction of sp³-hybridized carbons (Fsp3) is 0.429. The van der Waals surface area contributed by atoms with E-state index >= 15 is 0 Å². The van der Waals surface area contributed by atoms with Crippen molar-refractivity contribution in [3.63, 3.8) is 0 Å². The molecule has 1 unspecified atom stereocenters. The highest BCUT2D eigenvalue weighted by Gasteiger charge is 2.27. The molecule has 0 aliphatic carbocycles. The van der Waals surface area contributed by atoms with Crippen LogP contribution in [0.25, 0.3) is 0 Å². The van der Waals surface area contributed by atoms with Crippen LogP contribution in [0.15, 0.2) is 24.3 Å². The van der Waals surface area contributed by atoms with Crippen molar-refractivity contribution in [3.8, 4) is 0 Å². The summed E-state index contributed by atoms with van der Waals surface area (Å²) >= 11 is 5.80. The molecule has 2 amide bonds. The zero-order valence-electron chi connectivity index (χ0n) is 11.7. The molecule has 0 bridgehead atoms. The van der Waals surface area contributed by atoms with Crippen LogP contribution in [0.4, 0.5) is 4.79 Å². The molecule has 110 valence electrons. The van der Waals surface area contributed by atoms with E-state index in [0.29, 0.717) is 5.02 Å². The van der Waals surface area contributed by atoms with Gasteiger partial charge in [0.2, 0.25) is 0 Å². The summed E-state index contributed by atoms with van der Waals surface area (Å²) in [7, 11) is 0. The number of carboxylic acids is 1. The first-order valence-corrected chi connectivity index (χ1v) is 6.63. The van der Waals surface area contributed by atoms with Crippen LogP contribution in [0.1, 0.15) is 32.4 Å². The molecule has 1 rings (SSSR count). The first-order chi connectivity index (χ1) is 9.22. The quantitative estimate of drug-likeness (QED) is 0.782. The average Bonchev–Trinajstić information content (AvgIpc) is 2.37. The molecule has 0 radical (unpaired) electrons. The monoisotopic (exact) mass is 298 g/mol. The van der Waals surface area contributed by atoms with Crippen molar-refractivity contribution >= 4 is 23.6 Å². The normalized spacial score (nSPS) is 12.6. The maximum atomic E-state index is 11.7. The second-order valence-corrected chi connectivity index (χ2v) is 5.73. The Morgan fingerprint density at radius 3 is 2.35 bits per heavy atom. The van der Waals surface area contributed by atoms with Crippen LogP contribution >= 0.6 is 11.6 Å². The number of halogens is 1. The highest BCUT2D eigenvalue weighted by Crippen LogP contribution is 2.16. The fourth-order valence-corrected chi connectivity index (χ4v) is 1.59. The van der Waals surface area contributed by atoms with Gasteiger partial charge < -0.3 is 15.7 Å². The van der Waals surface area contributed by atoms with Gasteiger partial charge in [-0.3, -0.25) is 4.79 Å². The van der Waals surface area contributed by atoms with Crippen LogP contribution in [0, 0.1) is 5.41 Å². The first-order valence-electron chi connectivity index (χ1n) is 6.25. The molecule has 0 aromatic heterocycles. The molecule has 1 aromatic rings. The predicted octanol–water partition coefficient (Wildman–Crippen LogP) is 2.81. The minimum atomic E-state index is -0.999. The zero-order valence-corrected chi connectivity index (χ0v) is 12.5. The van der Waals surface area contributed by atoms with E-state index in [-0.39, 0.29) is 12.6 Å². The number of aliphatic carboxylic acids is 1. The van der Waals surface area contributed by atoms with Gasteiger partial charge in [0.15, 0.2) is 0 Å². The number of urea groups is 1. The lowest BCUT2D eigenvalue weighted by atomic mass is 9.94. The van der Waals surface area contributed by atoms with E-state index in [9.17, 15) is 9.59 Å². The zero-order chi connectivity index (χ0) is 15.3. The van der Waals surface area contributed by atoms with Crippen molar-refractivity contribution in [1.29, 1.82) is 0 Å². The summed E-state index contributed by atoms with van der Waals surface area (Å²) in [5, 5.41) is 14.9. The Morgan fingerprint density at radius 2 is 1.85 bits per heavy atom. The number of carbonyl (C=O) groups excluding carboxylic acids is 1. The number of hydrogen-bond acceptors (Lipinski definition) is 2. The molecule has 0 saturated heterocycles. The minimum Gasteiger partial charge on any atom is -0.481 e. The Labute approximate surface area is 123 Å². The number of amides is 2. The summed E-state index contributed by atoms with van der Waals surface area (Å²) in [4.78, 5) is 22.6. The fourth-order valence-electron chi connectivity index (χ4n) is 1.46. The molecule has 0 fully saturated rings. The van der Waals surface area contributed by atoms with Crippen LogP contribution < -0.4 is 10.6 Å². The lowest BCUT2D eigenvalue weighted by Gasteiger charge is -2.21. The van der Waals surface area contributed by atoms with Crippen LogP contribution in [-0.2, 0) is 4.79 Å². The second kappa shape index (κ2) is 6.61. The van der Waals surface area contributed by atoms with Gasteiger partial charge in [-0.2, -0.15) is 0 Å². The molecule has 3 N–H and O–H groups in total. The number of carbonyl (C=O) groups is 2. The summed E-state index contributed by atoms with van der Waals surface area (Å²) in [5.41, 5.74) is -0.0806. The Kier molecular flexibility index (Phi) is 5.39. The van der Waals surface area contributed by atoms with E-state index < -0.39 is 17.4 Å². The van der Waals surface area contributed by atoms with Crippen molar-refractivity contribution < 1.29 is 14.7 Å². The molecule has 0 aliphatic heterocycles. The van der Waals surface area contributed by atoms with Crippen LogP contribution in [0.3, 0.4) is 0 Å². The van der Waals surface area contributed by atoms with Gasteiger partial charge in [0.25, 0.3) is 0 Å². The van der Waals surface area contributed by atoms with E-state index in [2.05, 4.69) is 10.6 Å².